The van der Waals surface area contributed by atoms with Gasteiger partial charge in [0.2, 0.25) is 5.91 Å². The van der Waals surface area contributed by atoms with Crippen LogP contribution in [-0.2, 0) is 16.2 Å². The molecule has 4 rings (SSSR count). The van der Waals surface area contributed by atoms with Crippen LogP contribution in [0.1, 0.15) is 23.6 Å². The first-order valence-electron chi connectivity index (χ1n) is 11.8. The zero-order chi connectivity index (χ0) is 28.1. The van der Waals surface area contributed by atoms with Crippen LogP contribution in [-0.4, -0.2) is 35.1 Å². The van der Waals surface area contributed by atoms with Crippen LogP contribution in [0.25, 0.3) is 6.08 Å². The number of aryl methyl sites for hydroxylation is 1. The fourth-order valence-corrected chi connectivity index (χ4v) is 4.93. The van der Waals surface area contributed by atoms with Crippen LogP contribution in [0.15, 0.2) is 59.5 Å². The van der Waals surface area contributed by atoms with Crippen LogP contribution in [0.4, 0.5) is 10.5 Å². The second kappa shape index (κ2) is 12.8. The number of carbonyl (C=O) groups excluding carboxylic acids is 3. The largest absolute Gasteiger partial charge is 0.490 e. The monoisotopic (exact) mass is 604 g/mol. The number of nitrogens with zero attached hydrogens (tertiary/aromatic N) is 1. The maximum Gasteiger partial charge on any atom is 0.294 e. The Hall–Kier alpha value is -3.17. The summed E-state index contributed by atoms with van der Waals surface area (Å²) in [6.45, 7) is 3.91. The van der Waals surface area contributed by atoms with Gasteiger partial charge < -0.3 is 14.8 Å². The lowest BCUT2D eigenvalue weighted by molar-refractivity contribution is -0.127. The predicted molar refractivity (Wildman–Crippen MR) is 156 cm³/mol. The third-order valence-corrected chi connectivity index (χ3v) is 7.63. The summed E-state index contributed by atoms with van der Waals surface area (Å²) in [6, 6.07) is 15.5. The summed E-state index contributed by atoms with van der Waals surface area (Å²) in [5.74, 6) is -0.0942. The Labute approximate surface area is 245 Å². The highest BCUT2D eigenvalue weighted by Gasteiger charge is 2.36. The Morgan fingerprint density at radius 2 is 1.74 bits per heavy atom. The second-order valence-corrected chi connectivity index (χ2v) is 10.7. The van der Waals surface area contributed by atoms with E-state index < -0.39 is 23.6 Å². The highest BCUT2D eigenvalue weighted by molar-refractivity contribution is 8.18. The first-order chi connectivity index (χ1) is 18.6. The average molecular weight is 606 g/mol. The molecule has 1 saturated heterocycles. The highest BCUT2D eigenvalue weighted by atomic mass is 35.5. The number of benzene rings is 3. The molecule has 0 aliphatic carbocycles. The molecule has 39 heavy (non-hydrogen) atoms. The molecule has 3 amide bonds. The van der Waals surface area contributed by atoms with Crippen molar-refractivity contribution in [2.75, 3.05) is 18.5 Å². The number of anilines is 1. The minimum atomic E-state index is -0.556. The third-order valence-electron chi connectivity index (χ3n) is 5.57. The van der Waals surface area contributed by atoms with E-state index in [1.807, 2.05) is 19.9 Å². The standard InChI is InChI=1S/C28H23Cl3N2O5S/c1-3-37-24-11-17(6-9-23(24)38-15-18-5-8-20(29)22(31)10-18)12-25-27(35)33(28(36)39-25)14-26(34)32-19-7-4-16(2)21(30)13-19/h4-13H,3,14-15H2,1-2H3,(H,32,34)/b25-12+. The van der Waals surface area contributed by atoms with Gasteiger partial charge in [0.15, 0.2) is 11.5 Å². The topological polar surface area (TPSA) is 84.9 Å². The zero-order valence-electron chi connectivity index (χ0n) is 20.9. The van der Waals surface area contributed by atoms with E-state index in [0.717, 1.165) is 27.8 Å². The molecule has 1 heterocycles. The number of carbonyl (C=O) groups is 3. The molecule has 3 aromatic carbocycles. The van der Waals surface area contributed by atoms with E-state index in [2.05, 4.69) is 5.32 Å². The minimum absolute atomic E-state index is 0.193. The highest BCUT2D eigenvalue weighted by Crippen LogP contribution is 2.35. The Morgan fingerprint density at radius 1 is 0.949 bits per heavy atom. The number of thioether (sulfide) groups is 1. The molecule has 0 radical (unpaired) electrons. The van der Waals surface area contributed by atoms with Gasteiger partial charge in [0.05, 0.1) is 21.6 Å². The van der Waals surface area contributed by atoms with Crippen molar-refractivity contribution < 1.29 is 23.9 Å². The van der Waals surface area contributed by atoms with Crippen LogP contribution < -0.4 is 14.8 Å². The van der Waals surface area contributed by atoms with Gasteiger partial charge in [-0.05, 0) is 84.8 Å². The first kappa shape index (κ1) is 28.8. The van der Waals surface area contributed by atoms with Gasteiger partial charge in [-0.15, -0.1) is 0 Å². The average Bonchev–Trinajstić information content (AvgIpc) is 3.15. The molecular weight excluding hydrogens is 583 g/mol. The number of imide groups is 1. The van der Waals surface area contributed by atoms with Crippen LogP contribution >= 0.6 is 46.6 Å². The van der Waals surface area contributed by atoms with E-state index in [1.165, 1.54) is 0 Å². The molecule has 3 aromatic rings. The summed E-state index contributed by atoms with van der Waals surface area (Å²) in [5, 5.41) is 3.52. The smallest absolute Gasteiger partial charge is 0.294 e. The van der Waals surface area contributed by atoms with E-state index in [-0.39, 0.29) is 11.5 Å². The Balaban J connectivity index is 1.44. The van der Waals surface area contributed by atoms with E-state index in [4.69, 9.17) is 44.3 Å². The molecule has 0 atom stereocenters. The van der Waals surface area contributed by atoms with Crippen molar-refractivity contribution >= 4 is 75.4 Å². The molecule has 1 N–H and O–H groups in total. The van der Waals surface area contributed by atoms with E-state index >= 15 is 0 Å². The van der Waals surface area contributed by atoms with Crippen LogP contribution in [0, 0.1) is 6.92 Å². The van der Waals surface area contributed by atoms with Crippen molar-refractivity contribution in [1.29, 1.82) is 0 Å². The molecule has 1 aliphatic heterocycles. The molecular formula is C28H23Cl3N2O5S. The van der Waals surface area contributed by atoms with Gasteiger partial charge in [0, 0.05) is 10.7 Å². The van der Waals surface area contributed by atoms with E-state index in [0.29, 0.717) is 44.4 Å². The summed E-state index contributed by atoms with van der Waals surface area (Å²) in [5.41, 5.74) is 2.80. The number of ether oxygens (including phenoxy) is 2. The Bertz CT molecular complexity index is 1480. The van der Waals surface area contributed by atoms with Crippen molar-refractivity contribution in [3.05, 3.63) is 91.3 Å². The SMILES string of the molecule is CCOc1cc(/C=C2/SC(=O)N(CC(=O)Nc3ccc(C)c(Cl)c3)C2=O)ccc1OCc1ccc(Cl)c(Cl)c1. The summed E-state index contributed by atoms with van der Waals surface area (Å²) in [6.07, 6.45) is 1.58. The lowest BCUT2D eigenvalue weighted by atomic mass is 10.1. The van der Waals surface area contributed by atoms with Crippen molar-refractivity contribution in [1.82, 2.24) is 4.90 Å². The molecule has 0 saturated carbocycles. The van der Waals surface area contributed by atoms with Crippen LogP contribution in [0.5, 0.6) is 11.5 Å². The number of rotatable bonds is 9. The normalized spacial score (nSPS) is 14.2. The molecule has 7 nitrogen and oxygen atoms in total. The van der Waals surface area contributed by atoms with Crippen LogP contribution in [0.2, 0.25) is 15.1 Å². The Morgan fingerprint density at radius 3 is 2.46 bits per heavy atom. The minimum Gasteiger partial charge on any atom is -0.490 e. The predicted octanol–water partition coefficient (Wildman–Crippen LogP) is 7.61. The first-order valence-corrected chi connectivity index (χ1v) is 13.7. The molecule has 0 aromatic heterocycles. The van der Waals surface area contributed by atoms with Gasteiger partial charge in [-0.25, -0.2) is 0 Å². The van der Waals surface area contributed by atoms with E-state index in [9.17, 15) is 14.4 Å². The second-order valence-electron chi connectivity index (χ2n) is 8.46. The maximum absolute atomic E-state index is 12.9. The lowest BCUT2D eigenvalue weighted by Crippen LogP contribution is -2.36. The molecule has 0 unspecified atom stereocenters. The maximum atomic E-state index is 12.9. The number of hydrogen-bond donors (Lipinski definition) is 1. The molecule has 1 fully saturated rings. The van der Waals surface area contributed by atoms with Gasteiger partial charge in [0.1, 0.15) is 13.2 Å². The summed E-state index contributed by atoms with van der Waals surface area (Å²) in [7, 11) is 0. The Kier molecular flexibility index (Phi) is 9.45. The van der Waals surface area contributed by atoms with Gasteiger partial charge in [-0.3, -0.25) is 19.3 Å². The summed E-state index contributed by atoms with van der Waals surface area (Å²) < 4.78 is 11.7. The molecule has 0 bridgehead atoms. The summed E-state index contributed by atoms with van der Waals surface area (Å²) >= 11 is 18.9. The van der Waals surface area contributed by atoms with Crippen LogP contribution in [0.3, 0.4) is 0 Å². The van der Waals surface area contributed by atoms with Crippen molar-refractivity contribution in [2.24, 2.45) is 0 Å². The fourth-order valence-electron chi connectivity index (χ4n) is 3.59. The number of amides is 3. The van der Waals surface area contributed by atoms with Gasteiger partial charge in [-0.1, -0.05) is 53.0 Å². The third kappa shape index (κ3) is 7.28. The zero-order valence-corrected chi connectivity index (χ0v) is 24.0. The number of nitrogens with one attached hydrogen (secondary N) is 1. The molecule has 0 spiro atoms. The lowest BCUT2D eigenvalue weighted by Gasteiger charge is -2.13. The molecule has 11 heteroatoms. The number of hydrogen-bond acceptors (Lipinski definition) is 6. The van der Waals surface area contributed by atoms with Crippen molar-refractivity contribution in [2.45, 2.75) is 20.5 Å². The van der Waals surface area contributed by atoms with Gasteiger partial charge in [0.25, 0.3) is 11.1 Å². The van der Waals surface area contributed by atoms with Crippen molar-refractivity contribution in [3.8, 4) is 11.5 Å². The summed E-state index contributed by atoms with van der Waals surface area (Å²) in [4.78, 5) is 39.1. The molecule has 202 valence electrons. The van der Waals surface area contributed by atoms with E-state index in [1.54, 1.807) is 54.6 Å². The van der Waals surface area contributed by atoms with Gasteiger partial charge in [-0.2, -0.15) is 0 Å². The van der Waals surface area contributed by atoms with Gasteiger partial charge >= 0.3 is 0 Å². The molecule has 1 aliphatic rings. The quantitative estimate of drug-likeness (QED) is 0.253. The number of halogens is 3. The van der Waals surface area contributed by atoms with Crippen molar-refractivity contribution in [3.63, 3.8) is 0 Å². The fraction of sp³-hybridized carbons (Fsp3) is 0.179.